The van der Waals surface area contributed by atoms with E-state index in [0.717, 1.165) is 0 Å². The number of aliphatic hydroxyl groups excluding tert-OH is 1. The third-order valence-electron chi connectivity index (χ3n) is 1.89. The quantitative estimate of drug-likeness (QED) is 0.707. The second kappa shape index (κ2) is 4.50. The number of phenolic OH excluding ortho intramolecular Hbond substituents is 1. The number of rotatable bonds is 3. The van der Waals surface area contributed by atoms with Gasteiger partial charge < -0.3 is 20.7 Å². The fourth-order valence-corrected chi connectivity index (χ4v) is 1.40. The summed E-state index contributed by atoms with van der Waals surface area (Å²) in [7, 11) is 1.43. The predicted octanol–water partition coefficient (Wildman–Crippen LogP) is 1.05. The smallest absolute Gasteiger partial charge is 0.160 e. The molecule has 0 unspecified atom stereocenters. The highest BCUT2D eigenvalue weighted by atomic mass is 35.5. The molecule has 1 aromatic carbocycles. The summed E-state index contributed by atoms with van der Waals surface area (Å²) in [6.45, 7) is -0.215. The number of phenols is 1. The summed E-state index contributed by atoms with van der Waals surface area (Å²) < 4.78 is 4.89. The number of benzene rings is 1. The van der Waals surface area contributed by atoms with Crippen LogP contribution in [0, 0.1) is 0 Å². The zero-order valence-electron chi connectivity index (χ0n) is 7.70. The molecule has 5 heteroatoms. The van der Waals surface area contributed by atoms with Crippen molar-refractivity contribution >= 4 is 11.6 Å². The maximum atomic E-state index is 9.36. The maximum Gasteiger partial charge on any atom is 0.160 e. The minimum absolute atomic E-state index is 0.0496. The van der Waals surface area contributed by atoms with E-state index in [-0.39, 0.29) is 18.1 Å². The molecule has 4 N–H and O–H groups in total. The van der Waals surface area contributed by atoms with Gasteiger partial charge in [-0.3, -0.25) is 0 Å². The van der Waals surface area contributed by atoms with Crippen molar-refractivity contribution in [2.24, 2.45) is 5.73 Å². The zero-order chi connectivity index (χ0) is 10.7. The zero-order valence-corrected chi connectivity index (χ0v) is 8.45. The number of nitrogens with two attached hydrogens (primary N) is 1. The molecule has 0 aromatic heterocycles. The van der Waals surface area contributed by atoms with Gasteiger partial charge in [-0.1, -0.05) is 11.6 Å². The Bertz CT molecular complexity index is 330. The molecule has 1 aromatic rings. The molecular formula is C9H12ClNO3. The van der Waals surface area contributed by atoms with Gasteiger partial charge in [0.15, 0.2) is 11.5 Å². The van der Waals surface area contributed by atoms with Crippen molar-refractivity contribution in [1.29, 1.82) is 0 Å². The Morgan fingerprint density at radius 3 is 2.71 bits per heavy atom. The van der Waals surface area contributed by atoms with Crippen molar-refractivity contribution < 1.29 is 14.9 Å². The normalized spacial score (nSPS) is 12.6. The molecule has 1 rings (SSSR count). The van der Waals surface area contributed by atoms with Crippen molar-refractivity contribution in [3.05, 3.63) is 22.7 Å². The van der Waals surface area contributed by atoms with Crippen LogP contribution in [-0.2, 0) is 0 Å². The molecule has 14 heavy (non-hydrogen) atoms. The molecule has 0 saturated heterocycles. The maximum absolute atomic E-state index is 9.36. The molecule has 0 heterocycles. The van der Waals surface area contributed by atoms with Gasteiger partial charge in [-0.2, -0.15) is 0 Å². The largest absolute Gasteiger partial charge is 0.504 e. The van der Waals surface area contributed by atoms with Gasteiger partial charge in [0.2, 0.25) is 0 Å². The highest BCUT2D eigenvalue weighted by molar-refractivity contribution is 6.31. The first-order valence-electron chi connectivity index (χ1n) is 4.03. The van der Waals surface area contributed by atoms with Gasteiger partial charge >= 0.3 is 0 Å². The van der Waals surface area contributed by atoms with E-state index in [4.69, 9.17) is 27.2 Å². The van der Waals surface area contributed by atoms with Gasteiger partial charge in [-0.15, -0.1) is 0 Å². The van der Waals surface area contributed by atoms with E-state index in [1.165, 1.54) is 19.2 Å². The van der Waals surface area contributed by atoms with Crippen LogP contribution in [0.4, 0.5) is 0 Å². The Hall–Kier alpha value is -0.970. The van der Waals surface area contributed by atoms with Crippen LogP contribution in [0.25, 0.3) is 0 Å². The number of hydrogen-bond acceptors (Lipinski definition) is 4. The molecular weight excluding hydrogens is 206 g/mol. The van der Waals surface area contributed by atoms with Crippen molar-refractivity contribution in [3.63, 3.8) is 0 Å². The summed E-state index contributed by atoms with van der Waals surface area (Å²) >= 11 is 5.83. The number of hydrogen-bond donors (Lipinski definition) is 3. The lowest BCUT2D eigenvalue weighted by Crippen LogP contribution is -2.15. The molecule has 0 spiro atoms. The van der Waals surface area contributed by atoms with Crippen molar-refractivity contribution in [2.75, 3.05) is 13.7 Å². The van der Waals surface area contributed by atoms with E-state index in [9.17, 15) is 5.11 Å². The fourth-order valence-electron chi connectivity index (χ4n) is 1.10. The Balaban J connectivity index is 3.17. The third-order valence-corrected chi connectivity index (χ3v) is 2.22. The molecule has 0 fully saturated rings. The van der Waals surface area contributed by atoms with Crippen LogP contribution in [0.5, 0.6) is 11.5 Å². The third kappa shape index (κ3) is 2.09. The summed E-state index contributed by atoms with van der Waals surface area (Å²) in [5, 5.41) is 18.5. The highest BCUT2D eigenvalue weighted by Gasteiger charge is 2.13. The van der Waals surface area contributed by atoms with Crippen molar-refractivity contribution in [3.8, 4) is 11.5 Å². The minimum Gasteiger partial charge on any atom is -0.504 e. The second-order valence-corrected chi connectivity index (χ2v) is 3.24. The monoisotopic (exact) mass is 217 g/mol. The summed E-state index contributed by atoms with van der Waals surface area (Å²) in [5.41, 5.74) is 6.14. The van der Waals surface area contributed by atoms with Crippen LogP contribution in [0.1, 0.15) is 11.6 Å². The minimum atomic E-state index is -0.572. The predicted molar refractivity (Wildman–Crippen MR) is 53.7 cm³/mol. The van der Waals surface area contributed by atoms with Gasteiger partial charge in [-0.05, 0) is 11.6 Å². The van der Waals surface area contributed by atoms with Crippen LogP contribution < -0.4 is 10.5 Å². The van der Waals surface area contributed by atoms with Gasteiger partial charge in [0.25, 0.3) is 0 Å². The van der Waals surface area contributed by atoms with Crippen LogP contribution in [0.2, 0.25) is 5.02 Å². The summed E-state index contributed by atoms with van der Waals surface area (Å²) in [6.07, 6.45) is 0. The Morgan fingerprint density at radius 2 is 2.21 bits per heavy atom. The van der Waals surface area contributed by atoms with Gasteiger partial charge in [-0.25, -0.2) is 0 Å². The molecule has 0 amide bonds. The molecule has 0 aliphatic rings. The van der Waals surface area contributed by atoms with Crippen molar-refractivity contribution in [1.82, 2.24) is 0 Å². The number of methoxy groups -OCH3 is 1. The molecule has 0 bridgehead atoms. The standard InChI is InChI=1S/C9H12ClNO3/c1-14-9-2-5(7(11)4-12)6(10)3-8(9)13/h2-3,7,12-13H,4,11H2,1H3/t7-/m1/s1. The molecule has 1 atom stereocenters. The topological polar surface area (TPSA) is 75.7 Å². The lowest BCUT2D eigenvalue weighted by molar-refractivity contribution is 0.267. The lowest BCUT2D eigenvalue weighted by Gasteiger charge is -2.13. The van der Waals surface area contributed by atoms with Crippen molar-refractivity contribution in [2.45, 2.75) is 6.04 Å². The fraction of sp³-hybridized carbons (Fsp3) is 0.333. The first-order valence-corrected chi connectivity index (χ1v) is 4.40. The molecule has 0 radical (unpaired) electrons. The van der Waals surface area contributed by atoms with Crippen LogP contribution >= 0.6 is 11.6 Å². The number of halogens is 1. The molecule has 0 aliphatic carbocycles. The van der Waals surface area contributed by atoms with E-state index in [0.29, 0.717) is 10.6 Å². The number of ether oxygens (including phenoxy) is 1. The number of aromatic hydroxyl groups is 1. The average Bonchev–Trinajstić information content (AvgIpc) is 2.17. The summed E-state index contributed by atoms with van der Waals surface area (Å²) in [6, 6.07) is 2.28. The SMILES string of the molecule is COc1cc([C@H](N)CO)c(Cl)cc1O. The van der Waals surface area contributed by atoms with E-state index in [1.54, 1.807) is 0 Å². The summed E-state index contributed by atoms with van der Waals surface area (Å²) in [4.78, 5) is 0. The average molecular weight is 218 g/mol. The first kappa shape index (κ1) is 11.1. The molecule has 4 nitrogen and oxygen atoms in total. The van der Waals surface area contributed by atoms with Gasteiger partial charge in [0, 0.05) is 11.1 Å². The molecule has 78 valence electrons. The van der Waals surface area contributed by atoms with Crippen LogP contribution in [-0.4, -0.2) is 23.9 Å². The van der Waals surface area contributed by atoms with Gasteiger partial charge in [0.1, 0.15) is 0 Å². The molecule has 0 aliphatic heterocycles. The lowest BCUT2D eigenvalue weighted by atomic mass is 10.1. The summed E-state index contributed by atoms with van der Waals surface area (Å²) in [5.74, 6) is 0.236. The highest BCUT2D eigenvalue weighted by Crippen LogP contribution is 2.34. The number of aliphatic hydroxyl groups is 1. The van der Waals surface area contributed by atoms with E-state index < -0.39 is 6.04 Å². The molecule has 0 saturated carbocycles. The Labute approximate surface area is 86.9 Å². The van der Waals surface area contributed by atoms with E-state index in [2.05, 4.69) is 0 Å². The van der Waals surface area contributed by atoms with Crippen LogP contribution in [0.3, 0.4) is 0 Å². The Kier molecular flexibility index (Phi) is 3.57. The second-order valence-electron chi connectivity index (χ2n) is 2.83. The van der Waals surface area contributed by atoms with Crippen LogP contribution in [0.15, 0.2) is 12.1 Å². The van der Waals surface area contributed by atoms with E-state index >= 15 is 0 Å². The van der Waals surface area contributed by atoms with Gasteiger partial charge in [0.05, 0.1) is 19.8 Å². The Morgan fingerprint density at radius 1 is 1.57 bits per heavy atom. The van der Waals surface area contributed by atoms with E-state index in [1.807, 2.05) is 0 Å². The first-order chi connectivity index (χ1) is 6.60.